The number of hydrogen-bond acceptors (Lipinski definition) is 3. The first-order valence-corrected chi connectivity index (χ1v) is 7.39. The summed E-state index contributed by atoms with van der Waals surface area (Å²) < 4.78 is 13.3. The molecule has 0 bridgehead atoms. The summed E-state index contributed by atoms with van der Waals surface area (Å²) in [5, 5.41) is 2.81. The second kappa shape index (κ2) is 5.25. The molecule has 0 saturated carbocycles. The molecule has 1 aliphatic carbocycles. The average molecular weight is 290 g/mol. The van der Waals surface area contributed by atoms with Crippen molar-refractivity contribution in [3.8, 4) is 0 Å². The number of amides is 1. The molecule has 0 radical (unpaired) electrons. The highest BCUT2D eigenvalue weighted by atomic mass is 32.1. The number of halogens is 1. The van der Waals surface area contributed by atoms with E-state index in [-0.39, 0.29) is 11.6 Å². The second-order valence-electron chi connectivity index (χ2n) is 4.93. The van der Waals surface area contributed by atoms with Crippen LogP contribution in [-0.4, -0.2) is 5.91 Å². The molecule has 1 heterocycles. The van der Waals surface area contributed by atoms with Crippen LogP contribution in [-0.2, 0) is 19.4 Å². The highest BCUT2D eigenvalue weighted by molar-refractivity contribution is 7.12. The molecule has 0 saturated heterocycles. The summed E-state index contributed by atoms with van der Waals surface area (Å²) in [5.41, 5.74) is 7.15. The first kappa shape index (κ1) is 13.1. The Balaban J connectivity index is 1.65. The van der Waals surface area contributed by atoms with Crippen LogP contribution in [0.3, 0.4) is 0 Å². The topological polar surface area (TPSA) is 55.1 Å². The third-order valence-corrected chi connectivity index (χ3v) is 4.72. The molecule has 0 unspecified atom stereocenters. The normalized spacial score (nSPS) is 13.2. The first-order chi connectivity index (χ1) is 9.63. The Kier molecular flexibility index (Phi) is 3.44. The SMILES string of the molecule is Nc1ccc(C(=O)NCc2cc3c(s2)CCC3)cc1F. The van der Waals surface area contributed by atoms with Crippen molar-refractivity contribution in [2.75, 3.05) is 5.73 Å². The summed E-state index contributed by atoms with van der Waals surface area (Å²) in [6.07, 6.45) is 3.53. The van der Waals surface area contributed by atoms with Crippen LogP contribution < -0.4 is 11.1 Å². The summed E-state index contributed by atoms with van der Waals surface area (Å²) in [5.74, 6) is -0.842. The van der Waals surface area contributed by atoms with Crippen molar-refractivity contribution in [2.45, 2.75) is 25.8 Å². The molecular formula is C15H15FN2OS. The Morgan fingerprint density at radius 3 is 2.95 bits per heavy atom. The van der Waals surface area contributed by atoms with Gasteiger partial charge in [0.25, 0.3) is 5.91 Å². The maximum atomic E-state index is 13.3. The quantitative estimate of drug-likeness (QED) is 0.854. The van der Waals surface area contributed by atoms with Crippen LogP contribution in [0.15, 0.2) is 24.3 Å². The van der Waals surface area contributed by atoms with Gasteiger partial charge in [0, 0.05) is 15.3 Å². The highest BCUT2D eigenvalue weighted by Crippen LogP contribution is 2.30. The van der Waals surface area contributed by atoms with Gasteiger partial charge in [-0.15, -0.1) is 11.3 Å². The molecule has 0 fully saturated rings. The Labute approximate surface area is 120 Å². The molecule has 2 aromatic rings. The molecule has 1 amide bonds. The molecule has 1 aliphatic rings. The van der Waals surface area contributed by atoms with Gasteiger partial charge in [-0.3, -0.25) is 4.79 Å². The van der Waals surface area contributed by atoms with Crippen LogP contribution in [0.2, 0.25) is 0 Å². The van der Waals surface area contributed by atoms with Crippen LogP contribution in [0.5, 0.6) is 0 Å². The molecule has 0 aliphatic heterocycles. The van der Waals surface area contributed by atoms with Crippen molar-refractivity contribution in [1.29, 1.82) is 0 Å². The molecule has 3 rings (SSSR count). The molecule has 0 atom stereocenters. The molecule has 20 heavy (non-hydrogen) atoms. The zero-order valence-corrected chi connectivity index (χ0v) is 11.7. The molecule has 1 aromatic carbocycles. The van der Waals surface area contributed by atoms with E-state index in [1.807, 2.05) is 0 Å². The van der Waals surface area contributed by atoms with Gasteiger partial charge in [0.05, 0.1) is 12.2 Å². The number of nitrogens with one attached hydrogen (secondary N) is 1. The number of benzene rings is 1. The van der Waals surface area contributed by atoms with E-state index < -0.39 is 5.82 Å². The Morgan fingerprint density at radius 2 is 2.20 bits per heavy atom. The fourth-order valence-electron chi connectivity index (χ4n) is 2.42. The van der Waals surface area contributed by atoms with Crippen molar-refractivity contribution in [3.05, 3.63) is 51.0 Å². The number of aryl methyl sites for hydroxylation is 2. The third kappa shape index (κ3) is 2.54. The minimum Gasteiger partial charge on any atom is -0.396 e. The zero-order valence-electron chi connectivity index (χ0n) is 10.9. The van der Waals surface area contributed by atoms with Crippen molar-refractivity contribution < 1.29 is 9.18 Å². The minimum absolute atomic E-state index is 0.0521. The largest absolute Gasteiger partial charge is 0.396 e. The molecule has 5 heteroatoms. The van der Waals surface area contributed by atoms with Gasteiger partial charge >= 0.3 is 0 Å². The van der Waals surface area contributed by atoms with Gasteiger partial charge in [0.1, 0.15) is 5.82 Å². The number of carbonyl (C=O) groups is 1. The first-order valence-electron chi connectivity index (χ1n) is 6.57. The van der Waals surface area contributed by atoms with E-state index in [0.29, 0.717) is 12.1 Å². The molecular weight excluding hydrogens is 275 g/mol. The van der Waals surface area contributed by atoms with E-state index in [2.05, 4.69) is 11.4 Å². The van der Waals surface area contributed by atoms with Gasteiger partial charge < -0.3 is 11.1 Å². The summed E-state index contributed by atoms with van der Waals surface area (Å²) >= 11 is 1.76. The standard InChI is InChI=1S/C15H15FN2OS/c16-12-7-10(4-5-13(12)17)15(19)18-8-11-6-9-2-1-3-14(9)20-11/h4-7H,1-3,8,17H2,(H,18,19). The summed E-state index contributed by atoms with van der Waals surface area (Å²) in [6, 6.07) is 6.27. The summed E-state index contributed by atoms with van der Waals surface area (Å²) in [4.78, 5) is 14.5. The van der Waals surface area contributed by atoms with E-state index in [9.17, 15) is 9.18 Å². The fraction of sp³-hybridized carbons (Fsp3) is 0.267. The molecule has 1 aromatic heterocycles. The lowest BCUT2D eigenvalue weighted by molar-refractivity contribution is 0.0951. The van der Waals surface area contributed by atoms with Gasteiger partial charge in [-0.05, 0) is 49.1 Å². The number of carbonyl (C=O) groups excluding carboxylic acids is 1. The van der Waals surface area contributed by atoms with E-state index in [1.165, 1.54) is 35.1 Å². The van der Waals surface area contributed by atoms with Crippen LogP contribution in [0.4, 0.5) is 10.1 Å². The zero-order chi connectivity index (χ0) is 14.1. The van der Waals surface area contributed by atoms with Gasteiger partial charge in [0.15, 0.2) is 0 Å². The lowest BCUT2D eigenvalue weighted by atomic mass is 10.2. The average Bonchev–Trinajstić information content (AvgIpc) is 3.00. The lowest BCUT2D eigenvalue weighted by Gasteiger charge is -2.05. The van der Waals surface area contributed by atoms with Crippen LogP contribution in [0, 0.1) is 5.82 Å². The van der Waals surface area contributed by atoms with E-state index in [4.69, 9.17) is 5.73 Å². The van der Waals surface area contributed by atoms with Crippen molar-refractivity contribution in [2.24, 2.45) is 0 Å². The van der Waals surface area contributed by atoms with Gasteiger partial charge in [-0.2, -0.15) is 0 Å². The summed E-state index contributed by atoms with van der Waals surface area (Å²) in [6.45, 7) is 0.489. The second-order valence-corrected chi connectivity index (χ2v) is 6.15. The predicted molar refractivity (Wildman–Crippen MR) is 78.3 cm³/mol. The van der Waals surface area contributed by atoms with Crippen LogP contribution in [0.1, 0.15) is 32.1 Å². The highest BCUT2D eigenvalue weighted by Gasteiger charge is 2.15. The van der Waals surface area contributed by atoms with Crippen LogP contribution in [0.25, 0.3) is 0 Å². The van der Waals surface area contributed by atoms with Crippen molar-refractivity contribution in [3.63, 3.8) is 0 Å². The minimum atomic E-state index is -0.562. The monoisotopic (exact) mass is 290 g/mol. The maximum Gasteiger partial charge on any atom is 0.251 e. The molecule has 3 N–H and O–H groups in total. The third-order valence-electron chi connectivity index (χ3n) is 3.48. The molecule has 104 valence electrons. The van der Waals surface area contributed by atoms with Crippen molar-refractivity contribution in [1.82, 2.24) is 5.32 Å². The predicted octanol–water partition coefficient (Wildman–Crippen LogP) is 2.89. The molecule has 0 spiro atoms. The van der Waals surface area contributed by atoms with Gasteiger partial charge in [-0.1, -0.05) is 0 Å². The smallest absolute Gasteiger partial charge is 0.251 e. The Hall–Kier alpha value is -1.88. The Morgan fingerprint density at radius 1 is 1.35 bits per heavy atom. The molecule has 3 nitrogen and oxygen atoms in total. The Bertz CT molecular complexity index is 644. The van der Waals surface area contributed by atoms with E-state index in [1.54, 1.807) is 11.3 Å². The number of hydrogen-bond donors (Lipinski definition) is 2. The number of anilines is 1. The number of nitrogens with two attached hydrogens (primary N) is 1. The lowest BCUT2D eigenvalue weighted by Crippen LogP contribution is -2.22. The van der Waals surface area contributed by atoms with Crippen LogP contribution >= 0.6 is 11.3 Å². The van der Waals surface area contributed by atoms with Crippen molar-refractivity contribution >= 4 is 22.9 Å². The fourth-order valence-corrected chi connectivity index (χ4v) is 3.62. The number of thiophene rings is 1. The van der Waals surface area contributed by atoms with Gasteiger partial charge in [0.2, 0.25) is 0 Å². The van der Waals surface area contributed by atoms with Gasteiger partial charge in [-0.25, -0.2) is 4.39 Å². The number of nitrogen functional groups attached to an aromatic ring is 1. The number of rotatable bonds is 3. The summed E-state index contributed by atoms with van der Waals surface area (Å²) in [7, 11) is 0. The maximum absolute atomic E-state index is 13.3. The number of fused-ring (bicyclic) bond motifs is 1. The van der Waals surface area contributed by atoms with E-state index >= 15 is 0 Å². The van der Waals surface area contributed by atoms with E-state index in [0.717, 1.165) is 17.7 Å².